The second-order valence-electron chi connectivity index (χ2n) is 15.9. The fourth-order valence-corrected chi connectivity index (χ4v) is 8.40. The van der Waals surface area contributed by atoms with Crippen LogP contribution in [-0.2, 0) is 14.8 Å². The maximum Gasteiger partial charge on any atom is 0.407 e. The summed E-state index contributed by atoms with van der Waals surface area (Å²) in [5.41, 5.74) is 0.489. The minimum Gasteiger partial charge on any atom is -0.541 e. The van der Waals surface area contributed by atoms with Gasteiger partial charge in [-0.3, -0.25) is 0 Å². The smallest absolute Gasteiger partial charge is 0.407 e. The molecule has 0 radical (unpaired) electrons. The fourth-order valence-electron chi connectivity index (χ4n) is 3.91. The van der Waals surface area contributed by atoms with Crippen LogP contribution in [0.15, 0.2) is 58.1 Å². The number of para-hydroxylation sites is 1. The lowest BCUT2D eigenvalue weighted by molar-refractivity contribution is 0.0529. The van der Waals surface area contributed by atoms with E-state index in [0.717, 1.165) is 11.3 Å². The molecule has 2 N–H and O–H groups in total. The third kappa shape index (κ3) is 10.3. The number of carbonyl (C=O) groups is 1. The highest BCUT2D eigenvalue weighted by molar-refractivity contribution is 7.91. The van der Waals surface area contributed by atoms with E-state index in [1.165, 1.54) is 0 Å². The van der Waals surface area contributed by atoms with E-state index < -0.39 is 38.4 Å². The summed E-state index contributed by atoms with van der Waals surface area (Å²) in [5.74, 6) is 2.38. The Labute approximate surface area is 294 Å². The Kier molecular flexibility index (Phi) is 12.0. The number of amides is 1. The molecule has 0 bridgehead atoms. The molecule has 2 aromatic carbocycles. The molecule has 0 saturated heterocycles. The molecule has 1 heterocycles. The van der Waals surface area contributed by atoms with E-state index in [1.807, 2.05) is 42.5 Å². The number of thiophene rings is 1. The number of benzene rings is 2. The number of sulfonamides is 1. The van der Waals surface area contributed by atoms with Crippen molar-refractivity contribution >= 4 is 44.1 Å². The Morgan fingerprint density at radius 1 is 0.750 bits per heavy atom. The van der Waals surface area contributed by atoms with E-state index in [1.54, 1.807) is 32.2 Å². The van der Waals surface area contributed by atoms with Crippen LogP contribution in [0.2, 0.25) is 36.3 Å². The number of alkyl carbamates (subject to hydrolysis) is 1. The number of carbonyl (C=O) groups excluding carboxylic acids is 1. The van der Waals surface area contributed by atoms with Gasteiger partial charge >= 0.3 is 6.09 Å². The summed E-state index contributed by atoms with van der Waals surface area (Å²) < 4.78 is 54.8. The molecule has 0 fully saturated rings. The van der Waals surface area contributed by atoms with E-state index in [0.29, 0.717) is 34.1 Å². The third-order valence-corrected chi connectivity index (χ3v) is 20.3. The highest BCUT2D eigenvalue weighted by Gasteiger charge is 2.42. The molecule has 48 heavy (non-hydrogen) atoms. The minimum atomic E-state index is -3.90. The standard InChI is InChI=1S/C35H54N2O7S2Si2/c1-33(2,3)42-32(38)36-21-22-37-46(39,40)31-27(20-23-45-31)26-16-14-15-17-28(26)41-25-18-19-29(43-47(10,11)34(4,5)6)30(24-25)44-48(12,13)35(7,8)9/h14-20,23-24,37H,21-22H2,1-13H3,(H,36,38). The van der Waals surface area contributed by atoms with Crippen molar-refractivity contribution in [1.29, 1.82) is 0 Å². The predicted octanol–water partition coefficient (Wildman–Crippen LogP) is 9.78. The Balaban J connectivity index is 1.92. The van der Waals surface area contributed by atoms with Crippen molar-refractivity contribution in [2.75, 3.05) is 13.1 Å². The van der Waals surface area contributed by atoms with Gasteiger partial charge < -0.3 is 23.6 Å². The maximum atomic E-state index is 13.4. The van der Waals surface area contributed by atoms with Crippen molar-refractivity contribution < 1.29 is 31.5 Å². The lowest BCUT2D eigenvalue weighted by atomic mass is 10.1. The summed E-state index contributed by atoms with van der Waals surface area (Å²) >= 11 is 1.11. The van der Waals surface area contributed by atoms with Crippen LogP contribution in [0, 0.1) is 0 Å². The zero-order valence-electron chi connectivity index (χ0n) is 30.8. The zero-order valence-corrected chi connectivity index (χ0v) is 34.4. The summed E-state index contributed by atoms with van der Waals surface area (Å²) in [6, 6.07) is 14.8. The molecule has 0 atom stereocenters. The van der Waals surface area contributed by atoms with Crippen LogP contribution in [0.1, 0.15) is 62.3 Å². The van der Waals surface area contributed by atoms with Crippen molar-refractivity contribution in [3.63, 3.8) is 0 Å². The average molecular weight is 735 g/mol. The van der Waals surface area contributed by atoms with Gasteiger partial charge in [-0.2, -0.15) is 0 Å². The number of nitrogens with one attached hydrogen (secondary N) is 2. The van der Waals surface area contributed by atoms with Crippen LogP contribution in [0.25, 0.3) is 11.1 Å². The van der Waals surface area contributed by atoms with Crippen LogP contribution in [0.3, 0.4) is 0 Å². The van der Waals surface area contributed by atoms with Crippen LogP contribution in [-0.4, -0.2) is 49.8 Å². The van der Waals surface area contributed by atoms with Crippen LogP contribution >= 0.6 is 11.3 Å². The molecule has 0 aliphatic carbocycles. The second kappa shape index (κ2) is 14.6. The van der Waals surface area contributed by atoms with E-state index in [-0.39, 0.29) is 27.4 Å². The van der Waals surface area contributed by atoms with E-state index in [2.05, 4.69) is 77.8 Å². The SMILES string of the molecule is CC(C)(C)OC(=O)NCCNS(=O)(=O)c1sccc1-c1ccccc1Oc1ccc(O[Si](C)(C)C(C)(C)C)c(O[Si](C)(C)C(C)(C)C)c1. The molecule has 0 saturated carbocycles. The molecule has 3 aromatic rings. The molecule has 266 valence electrons. The Morgan fingerprint density at radius 3 is 1.92 bits per heavy atom. The van der Waals surface area contributed by atoms with Crippen LogP contribution in [0.5, 0.6) is 23.0 Å². The van der Waals surface area contributed by atoms with Crippen LogP contribution in [0.4, 0.5) is 4.79 Å². The van der Waals surface area contributed by atoms with E-state index in [4.69, 9.17) is 18.3 Å². The molecule has 13 heteroatoms. The molecule has 1 amide bonds. The normalized spacial score (nSPS) is 13.2. The van der Waals surface area contributed by atoms with Gasteiger partial charge in [0.25, 0.3) is 26.7 Å². The quantitative estimate of drug-likeness (QED) is 0.141. The highest BCUT2D eigenvalue weighted by atomic mass is 32.2. The van der Waals surface area contributed by atoms with Crippen molar-refractivity contribution in [2.45, 2.75) is 108 Å². The molecule has 0 spiro atoms. The molecule has 3 rings (SSSR count). The lowest BCUT2D eigenvalue weighted by Gasteiger charge is -2.39. The lowest BCUT2D eigenvalue weighted by Crippen LogP contribution is -2.45. The first-order valence-corrected chi connectivity index (χ1v) is 24.3. The molecule has 0 unspecified atom stereocenters. The fraction of sp³-hybridized carbons (Fsp3) is 0.514. The first kappa shape index (κ1) is 39.6. The van der Waals surface area contributed by atoms with Gasteiger partial charge in [0.15, 0.2) is 0 Å². The Morgan fingerprint density at radius 2 is 1.33 bits per heavy atom. The Bertz CT molecular complexity index is 1680. The molecule has 0 aliphatic heterocycles. The third-order valence-electron chi connectivity index (χ3n) is 8.62. The molecule has 0 aliphatic rings. The summed E-state index contributed by atoms with van der Waals surface area (Å²) in [5, 5.41) is 4.27. The average Bonchev–Trinajstić information content (AvgIpc) is 3.41. The monoisotopic (exact) mass is 734 g/mol. The number of hydrogen-bond acceptors (Lipinski definition) is 8. The van der Waals surface area contributed by atoms with Crippen molar-refractivity contribution in [3.8, 4) is 34.1 Å². The van der Waals surface area contributed by atoms with Gasteiger partial charge in [-0.25, -0.2) is 17.9 Å². The highest BCUT2D eigenvalue weighted by Crippen LogP contribution is 2.46. The van der Waals surface area contributed by atoms with Crippen molar-refractivity contribution in [2.24, 2.45) is 0 Å². The first-order chi connectivity index (χ1) is 21.8. The van der Waals surface area contributed by atoms with E-state index in [9.17, 15) is 13.2 Å². The number of rotatable bonds is 12. The van der Waals surface area contributed by atoms with Gasteiger partial charge in [0.05, 0.1) is 0 Å². The summed E-state index contributed by atoms with van der Waals surface area (Å²) in [6.07, 6.45) is -0.609. The molecular weight excluding hydrogens is 681 g/mol. The topological polar surface area (TPSA) is 112 Å². The first-order valence-electron chi connectivity index (χ1n) is 16.2. The van der Waals surface area contributed by atoms with Gasteiger partial charge in [0.1, 0.15) is 32.8 Å². The van der Waals surface area contributed by atoms with Crippen molar-refractivity contribution in [1.82, 2.24) is 10.0 Å². The van der Waals surface area contributed by atoms with Crippen LogP contribution < -0.4 is 23.6 Å². The van der Waals surface area contributed by atoms with Gasteiger partial charge in [-0.05, 0) is 86.7 Å². The van der Waals surface area contributed by atoms with Gasteiger partial charge in [-0.15, -0.1) is 11.3 Å². The predicted molar refractivity (Wildman–Crippen MR) is 201 cm³/mol. The summed E-state index contributed by atoms with van der Waals surface area (Å²) in [4.78, 5) is 12.0. The number of ether oxygens (including phenoxy) is 2. The largest absolute Gasteiger partial charge is 0.541 e. The van der Waals surface area contributed by atoms with Crippen molar-refractivity contribution in [3.05, 3.63) is 53.9 Å². The Hall–Kier alpha value is -2.85. The molecule has 9 nitrogen and oxygen atoms in total. The minimum absolute atomic E-state index is 0.00258. The zero-order chi connectivity index (χ0) is 36.3. The summed E-state index contributed by atoms with van der Waals surface area (Å²) in [7, 11) is -8.33. The van der Waals surface area contributed by atoms with Gasteiger partial charge in [0, 0.05) is 30.3 Å². The van der Waals surface area contributed by atoms with Gasteiger partial charge in [0.2, 0.25) is 0 Å². The van der Waals surface area contributed by atoms with E-state index >= 15 is 0 Å². The van der Waals surface area contributed by atoms with Gasteiger partial charge in [-0.1, -0.05) is 59.7 Å². The number of hydrogen-bond donors (Lipinski definition) is 2. The summed E-state index contributed by atoms with van der Waals surface area (Å²) in [6.45, 7) is 27.4. The molecular formula is C35H54N2O7S2Si2. The second-order valence-corrected chi connectivity index (χ2v) is 28.2. The molecule has 1 aromatic heterocycles. The maximum absolute atomic E-state index is 13.4.